The second-order valence-corrected chi connectivity index (χ2v) is 5.72. The molecule has 0 saturated carbocycles. The molecule has 2 aromatic rings. The monoisotopic (exact) mass is 339 g/mol. The van der Waals surface area contributed by atoms with Crippen LogP contribution >= 0.6 is 12.4 Å². The summed E-state index contributed by atoms with van der Waals surface area (Å²) in [4.78, 5) is 12.9. The molecule has 0 unspecified atom stereocenters. The standard InChI is InChI=1S/C15H21N5O2.ClH/c1-11-13(12(2)22-19-11)10-17-14(21)15(4-7-16-8-5-15)20-9-3-6-18-20;/h3,6,9,16H,4-5,7-8,10H2,1-2H3,(H,17,21);1H. The summed E-state index contributed by atoms with van der Waals surface area (Å²) in [6.07, 6.45) is 5.02. The molecular weight excluding hydrogens is 318 g/mol. The molecule has 0 aromatic carbocycles. The molecule has 3 heterocycles. The van der Waals surface area contributed by atoms with Gasteiger partial charge in [-0.15, -0.1) is 12.4 Å². The first-order valence-corrected chi connectivity index (χ1v) is 7.54. The van der Waals surface area contributed by atoms with E-state index in [2.05, 4.69) is 20.9 Å². The van der Waals surface area contributed by atoms with Crippen molar-refractivity contribution in [2.45, 2.75) is 38.8 Å². The van der Waals surface area contributed by atoms with Gasteiger partial charge in [0.05, 0.1) is 5.69 Å². The zero-order valence-electron chi connectivity index (χ0n) is 13.3. The van der Waals surface area contributed by atoms with E-state index in [-0.39, 0.29) is 18.3 Å². The van der Waals surface area contributed by atoms with Crippen molar-refractivity contribution in [1.29, 1.82) is 0 Å². The SMILES string of the molecule is Cc1noc(C)c1CNC(=O)C1(n2cccn2)CCNCC1.Cl. The summed E-state index contributed by atoms with van der Waals surface area (Å²) in [5.41, 5.74) is 1.14. The van der Waals surface area contributed by atoms with E-state index in [1.165, 1.54) is 0 Å². The van der Waals surface area contributed by atoms with E-state index in [9.17, 15) is 4.79 Å². The molecule has 2 aromatic heterocycles. The Labute approximate surface area is 141 Å². The van der Waals surface area contributed by atoms with Crippen LogP contribution in [0.4, 0.5) is 0 Å². The maximum atomic E-state index is 12.9. The fraction of sp³-hybridized carbons (Fsp3) is 0.533. The first-order chi connectivity index (χ1) is 10.6. The number of aryl methyl sites for hydroxylation is 2. The molecule has 3 rings (SSSR count). The molecule has 0 bridgehead atoms. The molecule has 1 aliphatic heterocycles. The number of piperidine rings is 1. The van der Waals surface area contributed by atoms with E-state index >= 15 is 0 Å². The molecule has 1 fully saturated rings. The number of nitrogens with zero attached hydrogens (tertiary/aromatic N) is 3. The lowest BCUT2D eigenvalue weighted by atomic mass is 9.87. The van der Waals surface area contributed by atoms with E-state index in [4.69, 9.17) is 4.52 Å². The van der Waals surface area contributed by atoms with Crippen molar-refractivity contribution in [2.24, 2.45) is 0 Å². The third kappa shape index (κ3) is 3.25. The molecule has 7 nitrogen and oxygen atoms in total. The second-order valence-electron chi connectivity index (χ2n) is 5.72. The van der Waals surface area contributed by atoms with Crippen LogP contribution in [-0.2, 0) is 16.9 Å². The Bertz CT molecular complexity index is 627. The number of amides is 1. The highest BCUT2D eigenvalue weighted by Crippen LogP contribution is 2.27. The summed E-state index contributed by atoms with van der Waals surface area (Å²) < 4.78 is 6.93. The average Bonchev–Trinajstić information content (AvgIpc) is 3.17. The summed E-state index contributed by atoms with van der Waals surface area (Å²) in [7, 11) is 0. The van der Waals surface area contributed by atoms with E-state index < -0.39 is 5.54 Å². The molecule has 1 aliphatic rings. The Balaban J connectivity index is 0.00000192. The van der Waals surface area contributed by atoms with E-state index in [0.29, 0.717) is 6.54 Å². The molecule has 1 saturated heterocycles. The number of carbonyl (C=O) groups is 1. The van der Waals surface area contributed by atoms with E-state index in [1.54, 1.807) is 10.9 Å². The predicted octanol–water partition coefficient (Wildman–Crippen LogP) is 1.30. The molecule has 1 amide bonds. The minimum atomic E-state index is -0.617. The fourth-order valence-corrected chi connectivity index (χ4v) is 3.01. The maximum absolute atomic E-state index is 12.9. The van der Waals surface area contributed by atoms with Crippen LogP contribution in [0.3, 0.4) is 0 Å². The molecule has 0 atom stereocenters. The number of hydrogen-bond donors (Lipinski definition) is 2. The minimum Gasteiger partial charge on any atom is -0.361 e. The van der Waals surface area contributed by atoms with Gasteiger partial charge in [-0.05, 0) is 45.8 Å². The largest absolute Gasteiger partial charge is 0.361 e. The number of aromatic nitrogens is 3. The van der Waals surface area contributed by atoms with Gasteiger partial charge in [0.1, 0.15) is 11.3 Å². The number of carbonyl (C=O) groups excluding carboxylic acids is 1. The highest BCUT2D eigenvalue weighted by Gasteiger charge is 2.41. The summed E-state index contributed by atoms with van der Waals surface area (Å²) in [6.45, 7) is 5.77. The Hall–Kier alpha value is -1.86. The topological polar surface area (TPSA) is 85.0 Å². The Morgan fingerprint density at radius 1 is 1.43 bits per heavy atom. The molecule has 23 heavy (non-hydrogen) atoms. The summed E-state index contributed by atoms with van der Waals surface area (Å²) in [6, 6.07) is 1.85. The number of hydrogen-bond acceptors (Lipinski definition) is 5. The predicted molar refractivity (Wildman–Crippen MR) is 87.4 cm³/mol. The van der Waals surface area contributed by atoms with E-state index in [1.807, 2.05) is 26.1 Å². The van der Waals surface area contributed by atoms with Crippen molar-refractivity contribution in [3.63, 3.8) is 0 Å². The van der Waals surface area contributed by atoms with Gasteiger partial charge in [-0.3, -0.25) is 9.48 Å². The van der Waals surface area contributed by atoms with Gasteiger partial charge < -0.3 is 15.2 Å². The van der Waals surface area contributed by atoms with Crippen LogP contribution in [0, 0.1) is 13.8 Å². The van der Waals surface area contributed by atoms with Crippen LogP contribution in [0.15, 0.2) is 23.0 Å². The Morgan fingerprint density at radius 2 is 2.17 bits per heavy atom. The van der Waals surface area contributed by atoms with Gasteiger partial charge >= 0.3 is 0 Å². The molecular formula is C15H22ClN5O2. The van der Waals surface area contributed by atoms with Crippen LogP contribution in [0.25, 0.3) is 0 Å². The van der Waals surface area contributed by atoms with Crippen molar-refractivity contribution in [3.8, 4) is 0 Å². The van der Waals surface area contributed by atoms with Crippen molar-refractivity contribution in [1.82, 2.24) is 25.6 Å². The molecule has 0 radical (unpaired) electrons. The third-order valence-corrected chi connectivity index (χ3v) is 4.40. The molecule has 126 valence electrons. The van der Waals surface area contributed by atoms with Crippen molar-refractivity contribution in [2.75, 3.05) is 13.1 Å². The lowest BCUT2D eigenvalue weighted by Crippen LogP contribution is -2.54. The van der Waals surface area contributed by atoms with Crippen LogP contribution in [0.5, 0.6) is 0 Å². The van der Waals surface area contributed by atoms with Gasteiger partial charge in [-0.2, -0.15) is 5.10 Å². The van der Waals surface area contributed by atoms with Gasteiger partial charge in [0.15, 0.2) is 0 Å². The van der Waals surface area contributed by atoms with Gasteiger partial charge in [0, 0.05) is 24.5 Å². The maximum Gasteiger partial charge on any atom is 0.248 e. The van der Waals surface area contributed by atoms with Crippen LogP contribution in [-0.4, -0.2) is 33.9 Å². The summed E-state index contributed by atoms with van der Waals surface area (Å²) in [5.74, 6) is 0.744. The van der Waals surface area contributed by atoms with Gasteiger partial charge in [0.25, 0.3) is 0 Å². The van der Waals surface area contributed by atoms with Gasteiger partial charge in [0.2, 0.25) is 5.91 Å². The van der Waals surface area contributed by atoms with Gasteiger partial charge in [-0.1, -0.05) is 5.16 Å². The minimum absolute atomic E-state index is 0. The van der Waals surface area contributed by atoms with Crippen LogP contribution < -0.4 is 10.6 Å². The highest BCUT2D eigenvalue weighted by molar-refractivity contribution is 5.85. The van der Waals surface area contributed by atoms with E-state index in [0.717, 1.165) is 42.9 Å². The molecule has 8 heteroatoms. The van der Waals surface area contributed by atoms with Crippen molar-refractivity contribution in [3.05, 3.63) is 35.5 Å². The lowest BCUT2D eigenvalue weighted by Gasteiger charge is -2.36. The normalized spacial score (nSPS) is 16.6. The lowest BCUT2D eigenvalue weighted by molar-refractivity contribution is -0.132. The van der Waals surface area contributed by atoms with Crippen LogP contribution in [0.2, 0.25) is 0 Å². The van der Waals surface area contributed by atoms with Gasteiger partial charge in [-0.25, -0.2) is 0 Å². The fourth-order valence-electron chi connectivity index (χ4n) is 3.01. The van der Waals surface area contributed by atoms with Crippen molar-refractivity contribution >= 4 is 18.3 Å². The number of halogens is 1. The highest BCUT2D eigenvalue weighted by atomic mass is 35.5. The van der Waals surface area contributed by atoms with Crippen molar-refractivity contribution < 1.29 is 9.32 Å². The average molecular weight is 340 g/mol. The first kappa shape index (κ1) is 17.5. The zero-order chi connectivity index (χ0) is 15.6. The quantitative estimate of drug-likeness (QED) is 0.877. The zero-order valence-corrected chi connectivity index (χ0v) is 14.2. The molecule has 0 aliphatic carbocycles. The summed E-state index contributed by atoms with van der Waals surface area (Å²) >= 11 is 0. The third-order valence-electron chi connectivity index (χ3n) is 4.40. The molecule has 0 spiro atoms. The first-order valence-electron chi connectivity index (χ1n) is 7.54. The number of rotatable bonds is 4. The Kier molecular flexibility index (Phi) is 5.43. The Morgan fingerprint density at radius 3 is 2.74 bits per heavy atom. The number of nitrogens with one attached hydrogen (secondary N) is 2. The summed E-state index contributed by atoms with van der Waals surface area (Å²) in [5, 5.41) is 14.6. The molecule has 2 N–H and O–H groups in total. The second kappa shape index (κ2) is 7.14. The smallest absolute Gasteiger partial charge is 0.248 e. The van der Waals surface area contributed by atoms with Crippen LogP contribution in [0.1, 0.15) is 29.9 Å².